The molecule has 1 fully saturated rings. The van der Waals surface area contributed by atoms with Crippen molar-refractivity contribution in [1.29, 1.82) is 0 Å². The minimum Gasteiger partial charge on any atom is -0.356 e. The molecule has 0 aliphatic carbocycles. The highest BCUT2D eigenvalue weighted by molar-refractivity contribution is 5.88. The zero-order valence-corrected chi connectivity index (χ0v) is 14.1. The number of hydrogen-bond acceptors (Lipinski definition) is 4. The Kier molecular flexibility index (Phi) is 4.80. The molecule has 1 aromatic carbocycles. The second-order valence-corrected chi connectivity index (χ2v) is 6.17. The first-order valence-corrected chi connectivity index (χ1v) is 8.21. The van der Waals surface area contributed by atoms with Crippen molar-refractivity contribution >= 4 is 22.8 Å². The third-order valence-corrected chi connectivity index (χ3v) is 4.53. The van der Waals surface area contributed by atoms with E-state index in [1.165, 1.54) is 0 Å². The minimum atomic E-state index is -0.380. The van der Waals surface area contributed by atoms with Gasteiger partial charge in [0.05, 0.1) is 23.5 Å². The number of carbonyl (C=O) groups excluding carboxylic acids is 2. The molecule has 7 nitrogen and oxygen atoms in total. The van der Waals surface area contributed by atoms with Crippen LogP contribution in [-0.2, 0) is 23.1 Å². The second-order valence-electron chi connectivity index (χ2n) is 6.17. The van der Waals surface area contributed by atoms with Gasteiger partial charge < -0.3 is 15.2 Å². The summed E-state index contributed by atoms with van der Waals surface area (Å²) in [5.74, 6) is 0.751. The number of carbonyl (C=O) groups is 2. The highest BCUT2D eigenvalue weighted by Crippen LogP contribution is 2.14. The first-order valence-electron chi connectivity index (χ1n) is 8.21. The minimum absolute atomic E-state index is 0.0748. The first-order chi connectivity index (χ1) is 11.6. The molecule has 1 aliphatic heterocycles. The average molecular weight is 329 g/mol. The zero-order valence-electron chi connectivity index (χ0n) is 14.1. The Labute approximate surface area is 141 Å². The lowest BCUT2D eigenvalue weighted by molar-refractivity contribution is -0.133. The lowest BCUT2D eigenvalue weighted by Gasteiger charge is -2.31. The monoisotopic (exact) mass is 329 g/mol. The summed E-state index contributed by atoms with van der Waals surface area (Å²) in [4.78, 5) is 30.4. The highest BCUT2D eigenvalue weighted by Gasteiger charge is 2.28. The number of nitrogens with zero attached hydrogens (tertiary/aromatic N) is 3. The number of likely N-dealkylation sites (N-methyl/N-ethyl adjacent to an activating group) is 1. The van der Waals surface area contributed by atoms with Crippen molar-refractivity contribution in [3.63, 3.8) is 0 Å². The van der Waals surface area contributed by atoms with E-state index in [4.69, 9.17) is 0 Å². The van der Waals surface area contributed by atoms with Gasteiger partial charge in [0, 0.05) is 33.1 Å². The molecular formula is C17H23N5O2. The van der Waals surface area contributed by atoms with Crippen LogP contribution >= 0.6 is 0 Å². The molecule has 0 saturated carbocycles. The Balaban J connectivity index is 1.53. The molecule has 128 valence electrons. The molecule has 2 N–H and O–H groups in total. The summed E-state index contributed by atoms with van der Waals surface area (Å²) in [5, 5.41) is 5.69. The second kappa shape index (κ2) is 7.00. The van der Waals surface area contributed by atoms with E-state index in [9.17, 15) is 9.59 Å². The summed E-state index contributed by atoms with van der Waals surface area (Å²) < 4.78 is 2.05. The van der Waals surface area contributed by atoms with Gasteiger partial charge in [-0.2, -0.15) is 0 Å². The number of nitrogens with one attached hydrogen (secondary N) is 2. The average Bonchev–Trinajstić information content (AvgIpc) is 2.88. The summed E-state index contributed by atoms with van der Waals surface area (Å²) in [6.45, 7) is 1.91. The molecule has 2 aromatic rings. The van der Waals surface area contributed by atoms with Gasteiger partial charge in [-0.15, -0.1) is 0 Å². The predicted molar refractivity (Wildman–Crippen MR) is 91.5 cm³/mol. The molecule has 0 radical (unpaired) electrons. The molecule has 0 bridgehead atoms. The van der Waals surface area contributed by atoms with Gasteiger partial charge in [0.15, 0.2) is 0 Å². The van der Waals surface area contributed by atoms with Crippen molar-refractivity contribution in [2.45, 2.75) is 18.9 Å². The van der Waals surface area contributed by atoms with Crippen LogP contribution in [0.3, 0.4) is 0 Å². The van der Waals surface area contributed by atoms with Gasteiger partial charge in [-0.3, -0.25) is 14.5 Å². The number of para-hydroxylation sites is 2. The van der Waals surface area contributed by atoms with Crippen LogP contribution in [0.25, 0.3) is 11.0 Å². The largest absolute Gasteiger partial charge is 0.356 e. The van der Waals surface area contributed by atoms with Gasteiger partial charge >= 0.3 is 0 Å². The van der Waals surface area contributed by atoms with Crippen molar-refractivity contribution in [2.75, 3.05) is 26.7 Å². The molecule has 7 heteroatoms. The Morgan fingerprint density at radius 3 is 2.92 bits per heavy atom. The van der Waals surface area contributed by atoms with Crippen LogP contribution in [0.2, 0.25) is 0 Å². The smallest absolute Gasteiger partial charge is 0.237 e. The topological polar surface area (TPSA) is 79.3 Å². The Morgan fingerprint density at radius 1 is 1.38 bits per heavy atom. The van der Waals surface area contributed by atoms with E-state index < -0.39 is 0 Å². The maximum absolute atomic E-state index is 12.1. The number of hydrogen-bond donors (Lipinski definition) is 2. The SMILES string of the molecule is CN1CCNC(=O)[C@@H]1CC(=O)NCCc1nc2ccccc2n1C. The first kappa shape index (κ1) is 16.4. The summed E-state index contributed by atoms with van der Waals surface area (Å²) in [5.41, 5.74) is 2.04. The molecule has 1 aromatic heterocycles. The Bertz CT molecular complexity index is 755. The number of fused-ring (bicyclic) bond motifs is 1. The predicted octanol–water partition coefficient (Wildman–Crippen LogP) is 0.0523. The van der Waals surface area contributed by atoms with Crippen LogP contribution in [0.5, 0.6) is 0 Å². The van der Waals surface area contributed by atoms with E-state index in [1.54, 1.807) is 0 Å². The normalized spacial score (nSPS) is 18.6. The number of aromatic nitrogens is 2. The molecule has 2 heterocycles. The van der Waals surface area contributed by atoms with Crippen LogP contribution in [-0.4, -0.2) is 59.0 Å². The van der Waals surface area contributed by atoms with E-state index in [0.717, 1.165) is 23.4 Å². The van der Waals surface area contributed by atoms with E-state index >= 15 is 0 Å². The highest BCUT2D eigenvalue weighted by atomic mass is 16.2. The van der Waals surface area contributed by atoms with Gasteiger partial charge in [-0.25, -0.2) is 4.98 Å². The third kappa shape index (κ3) is 3.41. The quantitative estimate of drug-likeness (QED) is 0.813. The maximum Gasteiger partial charge on any atom is 0.237 e. The third-order valence-electron chi connectivity index (χ3n) is 4.53. The van der Waals surface area contributed by atoms with E-state index in [2.05, 4.69) is 15.6 Å². The fraction of sp³-hybridized carbons (Fsp3) is 0.471. The standard InChI is InChI=1S/C17H23N5O2/c1-21-10-9-19-17(24)14(21)11-16(23)18-8-7-15-20-12-5-3-4-6-13(12)22(15)2/h3-6,14H,7-11H2,1-2H3,(H,18,23)(H,19,24)/t14-/m0/s1. The number of benzene rings is 1. The number of piperazine rings is 1. The lowest BCUT2D eigenvalue weighted by atomic mass is 10.1. The van der Waals surface area contributed by atoms with Crippen molar-refractivity contribution in [2.24, 2.45) is 7.05 Å². The number of aryl methyl sites for hydroxylation is 1. The van der Waals surface area contributed by atoms with Gasteiger partial charge in [-0.1, -0.05) is 12.1 Å². The van der Waals surface area contributed by atoms with Gasteiger partial charge in [0.2, 0.25) is 11.8 Å². The van der Waals surface area contributed by atoms with Crippen LogP contribution in [0.1, 0.15) is 12.2 Å². The zero-order chi connectivity index (χ0) is 17.1. The van der Waals surface area contributed by atoms with Gasteiger partial charge in [0.1, 0.15) is 5.82 Å². The molecule has 1 atom stereocenters. The summed E-state index contributed by atoms with van der Waals surface area (Å²) in [6, 6.07) is 7.58. The van der Waals surface area contributed by atoms with Gasteiger partial charge in [-0.05, 0) is 19.2 Å². The van der Waals surface area contributed by atoms with Crippen molar-refractivity contribution < 1.29 is 9.59 Å². The molecule has 0 spiro atoms. The number of rotatable bonds is 5. The van der Waals surface area contributed by atoms with Crippen LogP contribution in [0.15, 0.2) is 24.3 Å². The molecular weight excluding hydrogens is 306 g/mol. The number of imidazole rings is 1. The fourth-order valence-corrected chi connectivity index (χ4v) is 3.06. The van der Waals surface area contributed by atoms with Crippen LogP contribution < -0.4 is 10.6 Å². The molecule has 2 amide bonds. The lowest BCUT2D eigenvalue weighted by Crippen LogP contribution is -2.55. The fourth-order valence-electron chi connectivity index (χ4n) is 3.06. The van der Waals surface area contributed by atoms with Gasteiger partial charge in [0.25, 0.3) is 0 Å². The van der Waals surface area contributed by atoms with Crippen molar-refractivity contribution in [1.82, 2.24) is 25.1 Å². The van der Waals surface area contributed by atoms with E-state index in [-0.39, 0.29) is 24.3 Å². The molecule has 3 rings (SSSR count). The Morgan fingerprint density at radius 2 is 2.17 bits per heavy atom. The molecule has 1 saturated heterocycles. The Hall–Kier alpha value is -2.41. The molecule has 0 unspecified atom stereocenters. The summed E-state index contributed by atoms with van der Waals surface area (Å²) in [6.07, 6.45) is 0.842. The van der Waals surface area contributed by atoms with Crippen molar-refractivity contribution in [3.8, 4) is 0 Å². The van der Waals surface area contributed by atoms with E-state index in [0.29, 0.717) is 19.5 Å². The maximum atomic E-state index is 12.1. The van der Waals surface area contributed by atoms with Crippen LogP contribution in [0, 0.1) is 0 Å². The molecule has 24 heavy (non-hydrogen) atoms. The van der Waals surface area contributed by atoms with Crippen molar-refractivity contribution in [3.05, 3.63) is 30.1 Å². The summed E-state index contributed by atoms with van der Waals surface area (Å²) in [7, 11) is 3.85. The molecule has 1 aliphatic rings. The summed E-state index contributed by atoms with van der Waals surface area (Å²) >= 11 is 0. The number of amides is 2. The van der Waals surface area contributed by atoms with E-state index in [1.807, 2.05) is 47.8 Å². The van der Waals surface area contributed by atoms with Crippen LogP contribution in [0.4, 0.5) is 0 Å².